The monoisotopic (exact) mass is 379 g/mol. The number of hydrogen-bond donors (Lipinski definition) is 2. The van der Waals surface area contributed by atoms with Gasteiger partial charge in [-0.05, 0) is 32.0 Å². The van der Waals surface area contributed by atoms with Crippen molar-refractivity contribution in [3.8, 4) is 5.75 Å². The van der Waals surface area contributed by atoms with E-state index in [4.69, 9.17) is 9.84 Å². The molecular weight excluding hydrogens is 363 g/mol. The summed E-state index contributed by atoms with van der Waals surface area (Å²) in [6.45, 7) is 2.20. The molecule has 1 aromatic carbocycles. The molecule has 2 rings (SSSR count). The molecule has 1 aliphatic rings. The molecule has 1 aliphatic heterocycles. The lowest BCUT2D eigenvalue weighted by atomic mass is 10.1. The summed E-state index contributed by atoms with van der Waals surface area (Å²) in [6, 6.07) is 1.80. The number of nitrogens with zero attached hydrogens (tertiary/aromatic N) is 1. The first kappa shape index (κ1) is 20.1. The first-order valence-corrected chi connectivity index (χ1v) is 7.38. The van der Waals surface area contributed by atoms with Crippen molar-refractivity contribution < 1.29 is 47.2 Å². The van der Waals surface area contributed by atoms with E-state index in [2.05, 4.69) is 9.47 Å². The van der Waals surface area contributed by atoms with E-state index in [0.29, 0.717) is 0 Å². The number of amides is 1. The van der Waals surface area contributed by atoms with Gasteiger partial charge in [-0.3, -0.25) is 14.5 Å². The van der Waals surface area contributed by atoms with Gasteiger partial charge < -0.3 is 24.4 Å². The van der Waals surface area contributed by atoms with Gasteiger partial charge in [-0.25, -0.2) is 0 Å². The van der Waals surface area contributed by atoms with Crippen LogP contribution in [0.25, 0.3) is 0 Å². The topological polar surface area (TPSA) is 106 Å². The Balaban J connectivity index is 2.19. The number of Topliss-reactive ketones (excluding diaryl/α,β-unsaturated/α-hetero) is 1. The number of benzene rings is 1. The minimum atomic E-state index is -4.94. The maximum atomic E-state index is 12.3. The quantitative estimate of drug-likeness (QED) is 0.541. The molecule has 3 unspecified atom stereocenters. The lowest BCUT2D eigenvalue weighted by Gasteiger charge is -2.28. The van der Waals surface area contributed by atoms with Crippen LogP contribution in [0, 0.1) is 0 Å². The molecule has 0 saturated carbocycles. The molecule has 0 aliphatic carbocycles. The third kappa shape index (κ3) is 4.49. The van der Waals surface area contributed by atoms with Gasteiger partial charge in [0.05, 0.1) is 17.3 Å². The Morgan fingerprint density at radius 3 is 2.38 bits per heavy atom. The van der Waals surface area contributed by atoms with Crippen molar-refractivity contribution in [2.45, 2.75) is 38.8 Å². The van der Waals surface area contributed by atoms with Crippen LogP contribution in [0.1, 0.15) is 24.2 Å². The molecule has 2 N–H and O–H groups in total. The first-order valence-electron chi connectivity index (χ1n) is 7.38. The molecule has 144 valence electrons. The van der Waals surface area contributed by atoms with Crippen LogP contribution in [0.3, 0.4) is 0 Å². The van der Waals surface area contributed by atoms with Crippen molar-refractivity contribution in [2.24, 2.45) is 0 Å². The number of rotatable bonds is 7. The predicted octanol–water partition coefficient (Wildman–Crippen LogP) is 1.15. The number of ketones is 1. The van der Waals surface area contributed by atoms with Crippen LogP contribution in [0.5, 0.6) is 5.75 Å². The molecule has 1 heterocycles. The van der Waals surface area contributed by atoms with Gasteiger partial charge in [-0.1, -0.05) is 0 Å². The summed E-state index contributed by atoms with van der Waals surface area (Å²) >= 11 is 0. The highest BCUT2D eigenvalue weighted by Crippen LogP contribution is 2.35. The van der Waals surface area contributed by atoms with Crippen LogP contribution in [0.15, 0.2) is 18.2 Å². The molecule has 0 bridgehead atoms. The molecule has 0 spiro atoms. The Kier molecular flexibility index (Phi) is 5.86. The fourth-order valence-corrected chi connectivity index (χ4v) is 2.32. The molecule has 11 heteroatoms. The maximum Gasteiger partial charge on any atom is 0.573 e. The van der Waals surface area contributed by atoms with Crippen LogP contribution in [-0.2, 0) is 14.3 Å². The molecular formula is C15H16F3NO7. The second-order valence-corrected chi connectivity index (χ2v) is 5.41. The number of anilines is 1. The SMILES string of the molecule is CC(O)OCOC(O)C(C)N1C(=O)C(=O)c2cc(OC(F)(F)F)ccc21. The molecule has 26 heavy (non-hydrogen) atoms. The average Bonchev–Trinajstić information content (AvgIpc) is 2.76. The third-order valence-corrected chi connectivity index (χ3v) is 3.49. The van der Waals surface area contributed by atoms with Gasteiger partial charge in [0.15, 0.2) is 19.4 Å². The zero-order valence-electron chi connectivity index (χ0n) is 13.7. The number of carbonyl (C=O) groups excluding carboxylic acids is 2. The molecule has 8 nitrogen and oxygen atoms in total. The fraction of sp³-hybridized carbons (Fsp3) is 0.467. The molecule has 1 amide bonds. The third-order valence-electron chi connectivity index (χ3n) is 3.49. The lowest BCUT2D eigenvalue weighted by molar-refractivity contribution is -0.274. The molecule has 3 atom stereocenters. The predicted molar refractivity (Wildman–Crippen MR) is 79.1 cm³/mol. The number of halogens is 3. The van der Waals surface area contributed by atoms with Crippen molar-refractivity contribution in [3.05, 3.63) is 23.8 Å². The van der Waals surface area contributed by atoms with Crippen LogP contribution in [-0.4, -0.2) is 53.7 Å². The van der Waals surface area contributed by atoms with Crippen LogP contribution in [0.4, 0.5) is 18.9 Å². The van der Waals surface area contributed by atoms with Crippen molar-refractivity contribution in [2.75, 3.05) is 11.7 Å². The van der Waals surface area contributed by atoms with E-state index in [1.54, 1.807) is 0 Å². The summed E-state index contributed by atoms with van der Waals surface area (Å²) < 4.78 is 50.2. The van der Waals surface area contributed by atoms with E-state index in [-0.39, 0.29) is 11.3 Å². The van der Waals surface area contributed by atoms with E-state index in [0.717, 1.165) is 23.1 Å². The van der Waals surface area contributed by atoms with Gasteiger partial charge >= 0.3 is 6.36 Å². The average molecular weight is 379 g/mol. The summed E-state index contributed by atoms with van der Waals surface area (Å²) in [7, 11) is 0. The maximum absolute atomic E-state index is 12.3. The van der Waals surface area contributed by atoms with E-state index < -0.39 is 49.2 Å². The molecule has 0 saturated heterocycles. The number of ether oxygens (including phenoxy) is 3. The van der Waals surface area contributed by atoms with E-state index in [1.807, 2.05) is 0 Å². The lowest BCUT2D eigenvalue weighted by Crippen LogP contribution is -2.46. The van der Waals surface area contributed by atoms with Crippen LogP contribution in [0.2, 0.25) is 0 Å². The number of fused-ring (bicyclic) bond motifs is 1. The van der Waals surface area contributed by atoms with E-state index in [1.165, 1.54) is 13.8 Å². The Morgan fingerprint density at radius 2 is 1.81 bits per heavy atom. The van der Waals surface area contributed by atoms with E-state index >= 15 is 0 Å². The number of hydrogen-bond acceptors (Lipinski definition) is 7. The normalized spacial score (nSPS) is 17.9. The standard InChI is InChI=1S/C15H16F3NO7/c1-7(14(23)25-6-24-8(2)20)19-11-4-3-9(26-15(16,17)18)5-10(11)12(21)13(19)22/h3-5,7-8,14,20,23H,6H2,1-2H3. The van der Waals surface area contributed by atoms with E-state index in [9.17, 15) is 27.9 Å². The Bertz CT molecular complexity index is 692. The largest absolute Gasteiger partial charge is 0.573 e. The highest BCUT2D eigenvalue weighted by atomic mass is 19.4. The zero-order valence-corrected chi connectivity index (χ0v) is 13.7. The van der Waals surface area contributed by atoms with Crippen LogP contribution < -0.4 is 9.64 Å². The summed E-state index contributed by atoms with van der Waals surface area (Å²) in [5, 5.41) is 18.9. The molecule has 0 radical (unpaired) electrons. The Morgan fingerprint density at radius 1 is 1.15 bits per heavy atom. The molecule has 0 aromatic heterocycles. The Hall–Kier alpha value is -2.21. The van der Waals surface area contributed by atoms with Gasteiger partial charge in [0.2, 0.25) is 0 Å². The fourth-order valence-electron chi connectivity index (χ4n) is 2.32. The van der Waals surface area contributed by atoms with Crippen molar-refractivity contribution >= 4 is 17.4 Å². The van der Waals surface area contributed by atoms with Gasteiger partial charge in [0, 0.05) is 0 Å². The van der Waals surface area contributed by atoms with Crippen molar-refractivity contribution in [1.82, 2.24) is 0 Å². The zero-order chi connectivity index (χ0) is 19.6. The molecule has 1 aromatic rings. The number of carbonyl (C=O) groups is 2. The highest BCUT2D eigenvalue weighted by Gasteiger charge is 2.41. The van der Waals surface area contributed by atoms with Gasteiger partial charge in [-0.2, -0.15) is 0 Å². The minimum absolute atomic E-state index is 0.0149. The van der Waals surface area contributed by atoms with Gasteiger partial charge in [0.25, 0.3) is 11.7 Å². The molecule has 0 fully saturated rings. The second-order valence-electron chi connectivity index (χ2n) is 5.41. The first-order chi connectivity index (χ1) is 12.0. The summed E-state index contributed by atoms with van der Waals surface area (Å²) in [5.74, 6) is -2.71. The van der Waals surface area contributed by atoms with Gasteiger partial charge in [-0.15, -0.1) is 13.2 Å². The number of aliphatic hydroxyl groups is 2. The van der Waals surface area contributed by atoms with Crippen molar-refractivity contribution in [1.29, 1.82) is 0 Å². The minimum Gasteiger partial charge on any atom is -0.406 e. The van der Waals surface area contributed by atoms with Crippen molar-refractivity contribution in [3.63, 3.8) is 0 Å². The smallest absolute Gasteiger partial charge is 0.406 e. The second kappa shape index (κ2) is 7.58. The summed E-state index contributed by atoms with van der Waals surface area (Å²) in [5.41, 5.74) is -0.267. The number of aliphatic hydroxyl groups excluding tert-OH is 2. The highest BCUT2D eigenvalue weighted by molar-refractivity contribution is 6.52. The number of alkyl halides is 3. The summed E-state index contributed by atoms with van der Waals surface area (Å²) in [6.07, 6.45) is -7.66. The summed E-state index contributed by atoms with van der Waals surface area (Å²) in [4.78, 5) is 25.1. The van der Waals surface area contributed by atoms with Gasteiger partial charge in [0.1, 0.15) is 5.75 Å². The Labute approximate surface area is 145 Å². The van der Waals surface area contributed by atoms with Crippen LogP contribution >= 0.6 is 0 Å².